The van der Waals surface area contributed by atoms with Crippen LogP contribution in [0.3, 0.4) is 0 Å². The summed E-state index contributed by atoms with van der Waals surface area (Å²) >= 11 is 6.47. The van der Waals surface area contributed by atoms with Crippen molar-refractivity contribution < 1.29 is 27.0 Å². The van der Waals surface area contributed by atoms with Gasteiger partial charge < -0.3 is 19.6 Å². The van der Waals surface area contributed by atoms with E-state index in [1.165, 1.54) is 6.07 Å². The molecule has 1 unspecified atom stereocenters. The zero-order chi connectivity index (χ0) is 31.8. The molecule has 0 saturated carbocycles. The van der Waals surface area contributed by atoms with E-state index in [0.29, 0.717) is 80.8 Å². The number of alkyl halides is 1. The minimum Gasteiger partial charge on any atom is -0.508 e. The highest BCUT2D eigenvalue weighted by atomic mass is 35.5. The molecule has 5 aliphatic heterocycles. The van der Waals surface area contributed by atoms with Gasteiger partial charge in [0.25, 0.3) is 10.2 Å². The maximum Gasteiger partial charge on any atom is 0.318 e. The SMILES string of the molecule is O=S1(=O)NCC2(CCCN(c3nc(OC[C@@]45CCCN4C[C@H](F)C5)nc4c3CCN(c3cc(O)cc5ccc(F)c(Cl)c35)C4)C2)N1. The molecule has 46 heavy (non-hydrogen) atoms. The summed E-state index contributed by atoms with van der Waals surface area (Å²) in [6.45, 7) is 3.78. The Kier molecular flexibility index (Phi) is 7.25. The van der Waals surface area contributed by atoms with Crippen LogP contribution < -0.4 is 24.0 Å². The van der Waals surface area contributed by atoms with Crippen molar-refractivity contribution in [1.29, 1.82) is 0 Å². The van der Waals surface area contributed by atoms with Crippen LogP contribution >= 0.6 is 11.6 Å². The maximum atomic E-state index is 14.6. The predicted molar refractivity (Wildman–Crippen MR) is 170 cm³/mol. The van der Waals surface area contributed by atoms with E-state index in [2.05, 4.69) is 19.2 Å². The lowest BCUT2D eigenvalue weighted by Crippen LogP contribution is -2.57. The summed E-state index contributed by atoms with van der Waals surface area (Å²) in [6, 6.07) is 6.22. The molecule has 2 aromatic carbocycles. The van der Waals surface area contributed by atoms with Gasteiger partial charge in [0.15, 0.2) is 0 Å². The van der Waals surface area contributed by atoms with Crippen LogP contribution in [0.15, 0.2) is 24.3 Å². The van der Waals surface area contributed by atoms with Crippen LogP contribution in [0.25, 0.3) is 10.8 Å². The number of piperidine rings is 1. The summed E-state index contributed by atoms with van der Waals surface area (Å²) in [6.07, 6.45) is 3.38. The van der Waals surface area contributed by atoms with Crippen molar-refractivity contribution in [1.82, 2.24) is 24.3 Å². The zero-order valence-corrected chi connectivity index (χ0v) is 26.8. The first kappa shape index (κ1) is 30.3. The van der Waals surface area contributed by atoms with Crippen LogP contribution in [0.1, 0.15) is 43.4 Å². The Morgan fingerprint density at radius 2 is 1.98 bits per heavy atom. The number of fused-ring (bicyclic) bond motifs is 3. The number of nitrogens with one attached hydrogen (secondary N) is 2. The number of anilines is 2. The lowest BCUT2D eigenvalue weighted by Gasteiger charge is -2.41. The summed E-state index contributed by atoms with van der Waals surface area (Å²) in [5.74, 6) is 0.195. The Morgan fingerprint density at radius 1 is 1.13 bits per heavy atom. The van der Waals surface area contributed by atoms with E-state index in [1.54, 1.807) is 18.2 Å². The van der Waals surface area contributed by atoms with E-state index in [1.807, 2.05) is 4.90 Å². The van der Waals surface area contributed by atoms with Crippen molar-refractivity contribution in [3.8, 4) is 11.8 Å². The number of aromatic hydroxyl groups is 1. The number of aromatic nitrogens is 2. The largest absolute Gasteiger partial charge is 0.508 e. The minimum atomic E-state index is -3.57. The second kappa shape index (κ2) is 11.0. The zero-order valence-electron chi connectivity index (χ0n) is 25.2. The third kappa shape index (κ3) is 5.22. The van der Waals surface area contributed by atoms with Crippen molar-refractivity contribution in [3.63, 3.8) is 0 Å². The quantitative estimate of drug-likeness (QED) is 0.374. The molecule has 3 atom stereocenters. The summed E-state index contributed by atoms with van der Waals surface area (Å²) in [4.78, 5) is 16.1. The molecule has 1 spiro atoms. The first-order chi connectivity index (χ1) is 22.0. The highest BCUT2D eigenvalue weighted by molar-refractivity contribution is 7.87. The number of halogens is 3. The lowest BCUT2D eigenvalue weighted by molar-refractivity contribution is 0.107. The van der Waals surface area contributed by atoms with Gasteiger partial charge in [0.2, 0.25) is 0 Å². The average Bonchev–Trinajstić information content (AvgIpc) is 3.65. The van der Waals surface area contributed by atoms with Crippen molar-refractivity contribution in [3.05, 3.63) is 46.4 Å². The minimum absolute atomic E-state index is 0.0139. The van der Waals surface area contributed by atoms with Crippen LogP contribution in [0.2, 0.25) is 5.02 Å². The first-order valence-electron chi connectivity index (χ1n) is 15.8. The van der Waals surface area contributed by atoms with Gasteiger partial charge in [-0.15, -0.1) is 0 Å². The smallest absolute Gasteiger partial charge is 0.318 e. The number of ether oxygens (including phenoxy) is 1. The number of benzene rings is 2. The van der Waals surface area contributed by atoms with Gasteiger partial charge in [-0.2, -0.15) is 23.1 Å². The van der Waals surface area contributed by atoms with E-state index in [-0.39, 0.29) is 28.9 Å². The van der Waals surface area contributed by atoms with Crippen LogP contribution in [-0.4, -0.2) is 91.5 Å². The standard InChI is InChI=1S/C31H36ClF2N7O4S/c32-27-23(34)4-3-19-11-21(42)12-25(26(19)27)39-10-5-22-24(15-39)36-29(45-18-31-7-2-9-41(31)14-20(33)13-31)37-28(22)40-8-1-6-30(17-40)16-35-46(43,44)38-30/h3-4,11-12,20,35,38,42H,1-2,5-10,13-18H2/t20-,30?,31+/m1/s1. The fourth-order valence-electron chi connectivity index (χ4n) is 8.31. The van der Waals surface area contributed by atoms with Gasteiger partial charge in [0.05, 0.1) is 34.0 Å². The van der Waals surface area contributed by atoms with Gasteiger partial charge in [-0.1, -0.05) is 17.7 Å². The first-order valence-corrected chi connectivity index (χ1v) is 17.7. The Balaban J connectivity index is 1.16. The molecule has 0 amide bonds. The van der Waals surface area contributed by atoms with Gasteiger partial charge in [-0.05, 0) is 56.2 Å². The van der Waals surface area contributed by atoms with Crippen LogP contribution in [0.4, 0.5) is 20.3 Å². The Hall–Kier alpha value is -3.04. The maximum absolute atomic E-state index is 14.6. The average molecular weight is 676 g/mol. The third-order valence-electron chi connectivity index (χ3n) is 10.4. The molecule has 3 aromatic rings. The molecular formula is C31H36ClF2N7O4S. The molecule has 11 nitrogen and oxygen atoms in total. The molecule has 1 aromatic heterocycles. The molecule has 4 saturated heterocycles. The Morgan fingerprint density at radius 3 is 2.80 bits per heavy atom. The van der Waals surface area contributed by atoms with Gasteiger partial charge >= 0.3 is 6.01 Å². The molecule has 5 aliphatic rings. The topological polar surface area (TPSA) is 123 Å². The second-order valence-corrected chi connectivity index (χ2v) is 15.3. The molecule has 8 rings (SSSR count). The van der Waals surface area contributed by atoms with Crippen LogP contribution in [-0.2, 0) is 23.2 Å². The molecular weight excluding hydrogens is 640 g/mol. The normalized spacial score (nSPS) is 29.1. The summed E-state index contributed by atoms with van der Waals surface area (Å²) in [5.41, 5.74) is 1.21. The van der Waals surface area contributed by atoms with Gasteiger partial charge in [-0.3, -0.25) is 4.90 Å². The Labute approximate surface area is 271 Å². The summed E-state index contributed by atoms with van der Waals surface area (Å²) in [7, 11) is -3.57. The van der Waals surface area contributed by atoms with Crippen LogP contribution in [0, 0.1) is 5.82 Å². The van der Waals surface area contributed by atoms with E-state index in [4.69, 9.17) is 26.3 Å². The fourth-order valence-corrected chi connectivity index (χ4v) is 9.92. The van der Waals surface area contributed by atoms with Crippen molar-refractivity contribution in [2.24, 2.45) is 0 Å². The summed E-state index contributed by atoms with van der Waals surface area (Å²) < 4.78 is 65.5. The second-order valence-electron chi connectivity index (χ2n) is 13.4. The fraction of sp³-hybridized carbons (Fsp3) is 0.548. The third-order valence-corrected chi connectivity index (χ3v) is 12.0. The van der Waals surface area contributed by atoms with Gasteiger partial charge in [0, 0.05) is 56.2 Å². The molecule has 3 N–H and O–H groups in total. The monoisotopic (exact) mass is 675 g/mol. The summed E-state index contributed by atoms with van der Waals surface area (Å²) in [5, 5.41) is 11.7. The van der Waals surface area contributed by atoms with Crippen molar-refractivity contribution >= 4 is 44.1 Å². The lowest BCUT2D eigenvalue weighted by atomic mass is 9.89. The van der Waals surface area contributed by atoms with Crippen molar-refractivity contribution in [2.75, 3.05) is 55.7 Å². The highest BCUT2D eigenvalue weighted by Crippen LogP contribution is 2.42. The van der Waals surface area contributed by atoms with E-state index in [9.17, 15) is 22.3 Å². The van der Waals surface area contributed by atoms with Gasteiger partial charge in [-0.25, -0.2) is 13.5 Å². The molecule has 0 bridgehead atoms. The number of hydrogen-bond acceptors (Lipinski definition) is 9. The molecule has 0 radical (unpaired) electrons. The van der Waals surface area contributed by atoms with E-state index in [0.717, 1.165) is 37.1 Å². The molecule has 4 fully saturated rings. The molecule has 0 aliphatic carbocycles. The predicted octanol–water partition coefficient (Wildman–Crippen LogP) is 3.42. The highest BCUT2D eigenvalue weighted by Gasteiger charge is 2.50. The van der Waals surface area contributed by atoms with E-state index < -0.39 is 27.7 Å². The number of rotatable bonds is 5. The number of phenolic OH excluding ortho intramolecular Hbond substituents is 1. The van der Waals surface area contributed by atoms with E-state index >= 15 is 0 Å². The number of phenols is 1. The Bertz CT molecular complexity index is 1840. The molecule has 246 valence electrons. The van der Waals surface area contributed by atoms with Gasteiger partial charge in [0.1, 0.15) is 30.2 Å². The van der Waals surface area contributed by atoms with Crippen LogP contribution in [0.5, 0.6) is 11.8 Å². The van der Waals surface area contributed by atoms with Crippen molar-refractivity contribution in [2.45, 2.75) is 62.3 Å². The number of hydrogen-bond donors (Lipinski definition) is 3. The number of nitrogens with zero attached hydrogens (tertiary/aromatic N) is 5. The molecule has 6 heterocycles. The molecule has 15 heteroatoms.